The number of benzene rings is 2. The summed E-state index contributed by atoms with van der Waals surface area (Å²) in [6, 6.07) is 18.7. The monoisotopic (exact) mass is 375 g/mol. The van der Waals surface area contributed by atoms with E-state index in [0.717, 1.165) is 38.4 Å². The van der Waals surface area contributed by atoms with Crippen molar-refractivity contribution in [1.82, 2.24) is 14.5 Å². The van der Waals surface area contributed by atoms with E-state index in [1.807, 2.05) is 12.1 Å². The fourth-order valence-corrected chi connectivity index (χ4v) is 3.51. The molecule has 1 amide bonds. The summed E-state index contributed by atoms with van der Waals surface area (Å²) in [4.78, 5) is 20.9. The molecule has 1 fully saturated rings. The first-order valence-corrected chi connectivity index (χ1v) is 9.63. The third-order valence-electron chi connectivity index (χ3n) is 5.02. The van der Waals surface area contributed by atoms with Gasteiger partial charge >= 0.3 is 0 Å². The number of carbonyl (C=O) groups is 1. The lowest BCUT2D eigenvalue weighted by molar-refractivity contribution is -0.116. The van der Waals surface area contributed by atoms with E-state index in [1.54, 1.807) is 23.3 Å². The SMILES string of the molecule is O=C(Cn1ccnc1)Nc1ccc(N2CCN(Cc3ccccc3)CC2)cc1. The molecule has 1 aliphatic rings. The van der Waals surface area contributed by atoms with Crippen molar-refractivity contribution in [2.24, 2.45) is 0 Å². The van der Waals surface area contributed by atoms with Crippen LogP contribution < -0.4 is 10.2 Å². The fraction of sp³-hybridized carbons (Fsp3) is 0.273. The molecule has 28 heavy (non-hydrogen) atoms. The highest BCUT2D eigenvalue weighted by Crippen LogP contribution is 2.20. The van der Waals surface area contributed by atoms with Gasteiger partial charge in [0, 0.05) is 56.5 Å². The molecule has 2 aromatic carbocycles. The number of nitrogens with one attached hydrogen (secondary N) is 1. The van der Waals surface area contributed by atoms with Crippen LogP contribution in [0.5, 0.6) is 0 Å². The molecule has 6 heteroatoms. The van der Waals surface area contributed by atoms with Gasteiger partial charge in [-0.1, -0.05) is 30.3 Å². The Morgan fingerprint density at radius 1 is 0.964 bits per heavy atom. The topological polar surface area (TPSA) is 53.4 Å². The van der Waals surface area contributed by atoms with Crippen molar-refractivity contribution in [3.63, 3.8) is 0 Å². The standard InChI is InChI=1S/C22H25N5O/c28-22(17-26-11-10-23-18-26)24-20-6-8-21(9-7-20)27-14-12-25(13-15-27)16-19-4-2-1-3-5-19/h1-11,18H,12-17H2,(H,24,28). The molecule has 1 N–H and O–H groups in total. The molecular formula is C22H25N5O. The van der Waals surface area contributed by atoms with E-state index < -0.39 is 0 Å². The van der Waals surface area contributed by atoms with Gasteiger partial charge in [0.15, 0.2) is 0 Å². The number of hydrogen-bond donors (Lipinski definition) is 1. The first-order chi connectivity index (χ1) is 13.8. The van der Waals surface area contributed by atoms with Crippen LogP contribution in [0.4, 0.5) is 11.4 Å². The van der Waals surface area contributed by atoms with Crippen LogP contribution in [0, 0.1) is 0 Å². The Morgan fingerprint density at radius 3 is 2.39 bits per heavy atom. The second-order valence-electron chi connectivity index (χ2n) is 7.08. The highest BCUT2D eigenvalue weighted by molar-refractivity contribution is 5.90. The molecule has 0 aliphatic carbocycles. The van der Waals surface area contributed by atoms with E-state index in [4.69, 9.17) is 0 Å². The van der Waals surface area contributed by atoms with Gasteiger partial charge in [-0.25, -0.2) is 4.98 Å². The average Bonchev–Trinajstić information content (AvgIpc) is 3.23. The second-order valence-corrected chi connectivity index (χ2v) is 7.08. The normalized spacial score (nSPS) is 14.8. The van der Waals surface area contributed by atoms with E-state index in [9.17, 15) is 4.79 Å². The third kappa shape index (κ3) is 4.78. The average molecular weight is 375 g/mol. The van der Waals surface area contributed by atoms with Gasteiger partial charge < -0.3 is 14.8 Å². The van der Waals surface area contributed by atoms with Crippen molar-refractivity contribution in [2.45, 2.75) is 13.1 Å². The molecule has 1 aromatic heterocycles. The molecule has 1 aliphatic heterocycles. The van der Waals surface area contributed by atoms with Crippen molar-refractivity contribution in [1.29, 1.82) is 0 Å². The van der Waals surface area contributed by atoms with Gasteiger partial charge in [0.05, 0.1) is 6.33 Å². The summed E-state index contributed by atoms with van der Waals surface area (Å²) in [5.74, 6) is -0.0553. The number of anilines is 2. The number of nitrogens with zero attached hydrogens (tertiary/aromatic N) is 4. The van der Waals surface area contributed by atoms with Gasteiger partial charge in [0.2, 0.25) is 5.91 Å². The van der Waals surface area contributed by atoms with Crippen molar-refractivity contribution >= 4 is 17.3 Å². The van der Waals surface area contributed by atoms with E-state index in [0.29, 0.717) is 0 Å². The molecule has 3 aromatic rings. The predicted molar refractivity (Wildman–Crippen MR) is 111 cm³/mol. The first-order valence-electron chi connectivity index (χ1n) is 9.63. The van der Waals surface area contributed by atoms with Crippen LogP contribution >= 0.6 is 0 Å². The number of carbonyl (C=O) groups excluding carboxylic acids is 1. The molecule has 0 radical (unpaired) electrons. The van der Waals surface area contributed by atoms with Crippen LogP contribution in [0.3, 0.4) is 0 Å². The Hall–Kier alpha value is -3.12. The Labute approximate surface area is 165 Å². The summed E-state index contributed by atoms with van der Waals surface area (Å²) in [7, 11) is 0. The summed E-state index contributed by atoms with van der Waals surface area (Å²) < 4.78 is 1.75. The molecule has 0 saturated carbocycles. The maximum Gasteiger partial charge on any atom is 0.244 e. The largest absolute Gasteiger partial charge is 0.369 e. The van der Waals surface area contributed by atoms with Crippen molar-refractivity contribution in [3.05, 3.63) is 78.9 Å². The number of aromatic nitrogens is 2. The lowest BCUT2D eigenvalue weighted by Gasteiger charge is -2.36. The van der Waals surface area contributed by atoms with Crippen LogP contribution in [0.1, 0.15) is 5.56 Å². The lowest BCUT2D eigenvalue weighted by atomic mass is 10.2. The Balaban J connectivity index is 1.27. The third-order valence-corrected chi connectivity index (χ3v) is 5.02. The van der Waals surface area contributed by atoms with E-state index in [1.165, 1.54) is 11.3 Å². The van der Waals surface area contributed by atoms with Crippen LogP contribution in [0.2, 0.25) is 0 Å². The van der Waals surface area contributed by atoms with Gasteiger partial charge in [-0.15, -0.1) is 0 Å². The molecule has 6 nitrogen and oxygen atoms in total. The van der Waals surface area contributed by atoms with Gasteiger partial charge in [0.1, 0.15) is 6.54 Å². The minimum atomic E-state index is -0.0553. The van der Waals surface area contributed by atoms with Crippen LogP contribution in [-0.4, -0.2) is 46.5 Å². The van der Waals surface area contributed by atoms with Crippen molar-refractivity contribution in [2.75, 3.05) is 36.4 Å². The predicted octanol–water partition coefficient (Wildman–Crippen LogP) is 2.84. The van der Waals surface area contributed by atoms with Gasteiger partial charge in [0.25, 0.3) is 0 Å². The highest BCUT2D eigenvalue weighted by Gasteiger charge is 2.17. The quantitative estimate of drug-likeness (QED) is 0.720. The Kier molecular flexibility index (Phi) is 5.68. The molecule has 0 unspecified atom stereocenters. The minimum Gasteiger partial charge on any atom is -0.369 e. The summed E-state index contributed by atoms with van der Waals surface area (Å²) in [5.41, 5.74) is 3.38. The fourth-order valence-electron chi connectivity index (χ4n) is 3.51. The smallest absolute Gasteiger partial charge is 0.244 e. The number of piperazine rings is 1. The second kappa shape index (κ2) is 8.71. The lowest BCUT2D eigenvalue weighted by Crippen LogP contribution is -2.45. The number of hydrogen-bond acceptors (Lipinski definition) is 4. The zero-order valence-corrected chi connectivity index (χ0v) is 15.9. The summed E-state index contributed by atoms with van der Waals surface area (Å²) in [5, 5.41) is 2.93. The maximum absolute atomic E-state index is 12.1. The Bertz CT molecular complexity index is 869. The zero-order chi connectivity index (χ0) is 19.2. The molecular weight excluding hydrogens is 350 g/mol. The summed E-state index contributed by atoms with van der Waals surface area (Å²) in [6.07, 6.45) is 5.09. The van der Waals surface area contributed by atoms with Gasteiger partial charge in [-0.2, -0.15) is 0 Å². The zero-order valence-electron chi connectivity index (χ0n) is 15.9. The van der Waals surface area contributed by atoms with Crippen molar-refractivity contribution < 1.29 is 4.79 Å². The number of amides is 1. The van der Waals surface area contributed by atoms with Gasteiger partial charge in [-0.3, -0.25) is 9.69 Å². The van der Waals surface area contributed by atoms with Crippen LogP contribution in [0.25, 0.3) is 0 Å². The first kappa shape index (κ1) is 18.3. The minimum absolute atomic E-state index is 0.0553. The Morgan fingerprint density at radius 2 is 1.71 bits per heavy atom. The van der Waals surface area contributed by atoms with Gasteiger partial charge in [-0.05, 0) is 29.8 Å². The number of imidazole rings is 1. The van der Waals surface area contributed by atoms with E-state index in [2.05, 4.69) is 62.6 Å². The van der Waals surface area contributed by atoms with E-state index in [-0.39, 0.29) is 12.5 Å². The molecule has 0 spiro atoms. The highest BCUT2D eigenvalue weighted by atomic mass is 16.1. The summed E-state index contributed by atoms with van der Waals surface area (Å²) >= 11 is 0. The molecule has 2 heterocycles. The molecule has 1 saturated heterocycles. The molecule has 144 valence electrons. The molecule has 0 atom stereocenters. The van der Waals surface area contributed by atoms with Crippen LogP contribution in [-0.2, 0) is 17.9 Å². The number of rotatable bonds is 6. The van der Waals surface area contributed by atoms with E-state index >= 15 is 0 Å². The van der Waals surface area contributed by atoms with Crippen LogP contribution in [0.15, 0.2) is 73.3 Å². The molecule has 0 bridgehead atoms. The molecule has 4 rings (SSSR count). The summed E-state index contributed by atoms with van der Waals surface area (Å²) in [6.45, 7) is 5.41. The maximum atomic E-state index is 12.1. The van der Waals surface area contributed by atoms with Crippen molar-refractivity contribution in [3.8, 4) is 0 Å².